The summed E-state index contributed by atoms with van der Waals surface area (Å²) in [5.74, 6) is 1.21. The van der Waals surface area contributed by atoms with Crippen LogP contribution in [0.3, 0.4) is 0 Å². The molecular formula is C14H16N4O3. The standard InChI is InChI=1S/C14H16N4O3/c15-17-16-10-5-7-18(8-6-10)14(19)13-9-20-11-3-1-2-4-12(11)21-13/h1-4,10,13H,5-9H2. The summed E-state index contributed by atoms with van der Waals surface area (Å²) in [6, 6.07) is 7.32. The summed E-state index contributed by atoms with van der Waals surface area (Å²) >= 11 is 0. The lowest BCUT2D eigenvalue weighted by Crippen LogP contribution is -2.49. The highest BCUT2D eigenvalue weighted by Crippen LogP contribution is 2.31. The monoisotopic (exact) mass is 288 g/mol. The molecule has 2 aliphatic heterocycles. The minimum atomic E-state index is -0.601. The fourth-order valence-electron chi connectivity index (χ4n) is 2.62. The van der Waals surface area contributed by atoms with Gasteiger partial charge in [0.15, 0.2) is 11.5 Å². The first-order valence-electron chi connectivity index (χ1n) is 6.99. The van der Waals surface area contributed by atoms with Crippen LogP contribution in [0.25, 0.3) is 10.4 Å². The maximum atomic E-state index is 12.4. The number of benzene rings is 1. The van der Waals surface area contributed by atoms with Crippen LogP contribution in [0.2, 0.25) is 0 Å². The van der Waals surface area contributed by atoms with E-state index in [4.69, 9.17) is 15.0 Å². The molecular weight excluding hydrogens is 272 g/mol. The lowest BCUT2D eigenvalue weighted by atomic mass is 10.1. The number of ether oxygens (including phenoxy) is 2. The fraction of sp³-hybridized carbons (Fsp3) is 0.500. The molecule has 0 saturated carbocycles. The minimum absolute atomic E-state index is 0.0108. The molecule has 0 bridgehead atoms. The van der Waals surface area contributed by atoms with Gasteiger partial charge in [-0.15, -0.1) is 0 Å². The summed E-state index contributed by atoms with van der Waals surface area (Å²) in [6.07, 6.45) is 0.788. The molecule has 7 nitrogen and oxygen atoms in total. The van der Waals surface area contributed by atoms with Crippen molar-refractivity contribution in [1.82, 2.24) is 4.90 Å². The van der Waals surface area contributed by atoms with Crippen molar-refractivity contribution in [2.45, 2.75) is 25.0 Å². The van der Waals surface area contributed by atoms with E-state index in [2.05, 4.69) is 10.0 Å². The smallest absolute Gasteiger partial charge is 0.267 e. The molecule has 0 spiro atoms. The summed E-state index contributed by atoms with van der Waals surface area (Å²) in [7, 11) is 0. The molecule has 7 heteroatoms. The maximum absolute atomic E-state index is 12.4. The van der Waals surface area contributed by atoms with Gasteiger partial charge in [0.1, 0.15) is 6.61 Å². The van der Waals surface area contributed by atoms with Gasteiger partial charge in [0.25, 0.3) is 5.91 Å². The van der Waals surface area contributed by atoms with Crippen LogP contribution in [0.15, 0.2) is 29.4 Å². The summed E-state index contributed by atoms with van der Waals surface area (Å²) in [5, 5.41) is 3.71. The van der Waals surface area contributed by atoms with Gasteiger partial charge in [-0.1, -0.05) is 17.2 Å². The Labute approximate surface area is 122 Å². The Hall–Kier alpha value is -2.40. The van der Waals surface area contributed by atoms with Crippen LogP contribution in [-0.4, -0.2) is 42.6 Å². The van der Waals surface area contributed by atoms with Crippen molar-refractivity contribution < 1.29 is 14.3 Å². The van der Waals surface area contributed by atoms with Crippen LogP contribution in [-0.2, 0) is 4.79 Å². The number of amides is 1. The predicted octanol–water partition coefficient (Wildman–Crippen LogP) is 2.13. The Morgan fingerprint density at radius 1 is 1.29 bits per heavy atom. The quantitative estimate of drug-likeness (QED) is 0.474. The van der Waals surface area contributed by atoms with Crippen molar-refractivity contribution in [3.8, 4) is 11.5 Å². The number of likely N-dealkylation sites (tertiary alicyclic amines) is 1. The number of piperidine rings is 1. The number of para-hydroxylation sites is 2. The third kappa shape index (κ3) is 2.87. The molecule has 1 amide bonds. The SMILES string of the molecule is [N-]=[N+]=NC1CCN(C(=O)C2COc3ccccc3O2)CC1. The van der Waals surface area contributed by atoms with Crippen LogP contribution >= 0.6 is 0 Å². The van der Waals surface area contributed by atoms with Crippen LogP contribution in [0.4, 0.5) is 0 Å². The van der Waals surface area contributed by atoms with E-state index < -0.39 is 6.10 Å². The van der Waals surface area contributed by atoms with E-state index in [0.717, 1.165) is 0 Å². The van der Waals surface area contributed by atoms with Gasteiger partial charge in [0, 0.05) is 24.0 Å². The van der Waals surface area contributed by atoms with E-state index in [1.807, 2.05) is 18.2 Å². The molecule has 1 fully saturated rings. The van der Waals surface area contributed by atoms with Crippen LogP contribution in [0.5, 0.6) is 11.5 Å². The van der Waals surface area contributed by atoms with E-state index in [0.29, 0.717) is 37.4 Å². The van der Waals surface area contributed by atoms with Gasteiger partial charge in [-0.3, -0.25) is 4.79 Å². The number of carbonyl (C=O) groups excluding carboxylic acids is 1. The molecule has 1 atom stereocenters. The summed E-state index contributed by atoms with van der Waals surface area (Å²) in [4.78, 5) is 17.0. The highest BCUT2D eigenvalue weighted by atomic mass is 16.6. The Morgan fingerprint density at radius 3 is 2.71 bits per heavy atom. The van der Waals surface area contributed by atoms with E-state index >= 15 is 0 Å². The summed E-state index contributed by atoms with van der Waals surface area (Å²) < 4.78 is 11.3. The van der Waals surface area contributed by atoms with Gasteiger partial charge in [-0.05, 0) is 30.5 Å². The molecule has 0 aromatic heterocycles. The third-order valence-electron chi connectivity index (χ3n) is 3.78. The first kappa shape index (κ1) is 13.6. The van der Waals surface area contributed by atoms with Gasteiger partial charge >= 0.3 is 0 Å². The number of azide groups is 1. The Balaban J connectivity index is 1.61. The van der Waals surface area contributed by atoms with Gasteiger partial charge < -0.3 is 14.4 Å². The second kappa shape index (κ2) is 5.93. The molecule has 2 heterocycles. The van der Waals surface area contributed by atoms with E-state index in [1.165, 1.54) is 0 Å². The molecule has 3 rings (SSSR count). The molecule has 2 aliphatic rings. The van der Waals surface area contributed by atoms with Crippen molar-refractivity contribution in [2.24, 2.45) is 5.11 Å². The largest absolute Gasteiger partial charge is 0.485 e. The Morgan fingerprint density at radius 2 is 2.00 bits per heavy atom. The molecule has 1 aromatic carbocycles. The lowest BCUT2D eigenvalue weighted by molar-refractivity contribution is -0.142. The zero-order chi connectivity index (χ0) is 14.7. The molecule has 0 N–H and O–H groups in total. The topological polar surface area (TPSA) is 87.5 Å². The first-order valence-corrected chi connectivity index (χ1v) is 6.99. The Kier molecular flexibility index (Phi) is 3.83. The van der Waals surface area contributed by atoms with Crippen molar-refractivity contribution in [3.63, 3.8) is 0 Å². The maximum Gasteiger partial charge on any atom is 0.267 e. The molecule has 110 valence electrons. The van der Waals surface area contributed by atoms with E-state index in [-0.39, 0.29) is 18.6 Å². The average molecular weight is 288 g/mol. The zero-order valence-corrected chi connectivity index (χ0v) is 11.5. The Bertz CT molecular complexity index is 577. The number of hydrogen-bond donors (Lipinski definition) is 0. The van der Waals surface area contributed by atoms with Gasteiger partial charge in [0.2, 0.25) is 6.10 Å². The van der Waals surface area contributed by atoms with Crippen LogP contribution in [0.1, 0.15) is 12.8 Å². The highest BCUT2D eigenvalue weighted by Gasteiger charge is 2.32. The lowest BCUT2D eigenvalue weighted by Gasteiger charge is -2.34. The molecule has 0 radical (unpaired) electrons. The van der Waals surface area contributed by atoms with Crippen molar-refractivity contribution >= 4 is 5.91 Å². The number of fused-ring (bicyclic) bond motifs is 1. The van der Waals surface area contributed by atoms with Gasteiger partial charge in [-0.2, -0.15) is 0 Å². The average Bonchev–Trinajstić information content (AvgIpc) is 2.55. The fourth-order valence-corrected chi connectivity index (χ4v) is 2.62. The number of carbonyl (C=O) groups is 1. The van der Waals surface area contributed by atoms with E-state index in [9.17, 15) is 4.79 Å². The van der Waals surface area contributed by atoms with Crippen molar-refractivity contribution in [2.75, 3.05) is 19.7 Å². The van der Waals surface area contributed by atoms with Crippen molar-refractivity contribution in [3.05, 3.63) is 34.7 Å². The van der Waals surface area contributed by atoms with Gasteiger partial charge in [-0.25, -0.2) is 0 Å². The normalized spacial score (nSPS) is 21.5. The highest BCUT2D eigenvalue weighted by molar-refractivity contribution is 5.82. The third-order valence-corrected chi connectivity index (χ3v) is 3.78. The molecule has 21 heavy (non-hydrogen) atoms. The zero-order valence-electron chi connectivity index (χ0n) is 11.5. The molecule has 1 saturated heterocycles. The van der Waals surface area contributed by atoms with E-state index in [1.54, 1.807) is 11.0 Å². The first-order chi connectivity index (χ1) is 10.3. The summed E-state index contributed by atoms with van der Waals surface area (Å²) in [6.45, 7) is 1.40. The second-order valence-corrected chi connectivity index (χ2v) is 5.13. The molecule has 1 aromatic rings. The van der Waals surface area contributed by atoms with Crippen LogP contribution < -0.4 is 9.47 Å². The minimum Gasteiger partial charge on any atom is -0.485 e. The predicted molar refractivity (Wildman–Crippen MR) is 75.1 cm³/mol. The van der Waals surface area contributed by atoms with Crippen molar-refractivity contribution in [1.29, 1.82) is 0 Å². The number of rotatable bonds is 2. The number of hydrogen-bond acceptors (Lipinski definition) is 4. The number of nitrogens with zero attached hydrogens (tertiary/aromatic N) is 4. The molecule has 0 aliphatic carbocycles. The summed E-state index contributed by atoms with van der Waals surface area (Å²) in [5.41, 5.74) is 8.43. The molecule has 1 unspecified atom stereocenters. The van der Waals surface area contributed by atoms with Gasteiger partial charge in [0.05, 0.1) is 0 Å². The second-order valence-electron chi connectivity index (χ2n) is 5.13. The van der Waals surface area contributed by atoms with Crippen LogP contribution in [0, 0.1) is 0 Å².